The van der Waals surface area contributed by atoms with Crippen molar-refractivity contribution in [2.45, 2.75) is 13.0 Å². The summed E-state index contributed by atoms with van der Waals surface area (Å²) in [5.74, 6) is -2.17. The number of hydrogen-bond donors (Lipinski definition) is 1. The van der Waals surface area contributed by atoms with Crippen molar-refractivity contribution < 1.29 is 13.9 Å². The standard InChI is InChI=1S/C13H10ClF2NO/c1-7-6-17-5-4-8(7)13(18)11-9(14)2-3-10(15)12(11)16/h2-6,13,18H,1H3. The van der Waals surface area contributed by atoms with Crippen LogP contribution in [0.4, 0.5) is 8.78 Å². The molecule has 18 heavy (non-hydrogen) atoms. The monoisotopic (exact) mass is 269 g/mol. The van der Waals surface area contributed by atoms with Gasteiger partial charge in [0.2, 0.25) is 0 Å². The molecule has 1 unspecified atom stereocenters. The smallest absolute Gasteiger partial charge is 0.166 e. The molecule has 1 heterocycles. The van der Waals surface area contributed by atoms with E-state index in [2.05, 4.69) is 4.98 Å². The van der Waals surface area contributed by atoms with Gasteiger partial charge in [0, 0.05) is 23.0 Å². The number of aliphatic hydroxyl groups is 1. The van der Waals surface area contributed by atoms with Gasteiger partial charge in [-0.1, -0.05) is 11.6 Å². The predicted octanol–water partition coefficient (Wildman–Crippen LogP) is 3.40. The van der Waals surface area contributed by atoms with Crippen molar-refractivity contribution in [2.24, 2.45) is 0 Å². The molecular formula is C13H10ClF2NO. The Morgan fingerprint density at radius 2 is 2.00 bits per heavy atom. The zero-order chi connectivity index (χ0) is 13.3. The molecule has 1 aromatic heterocycles. The van der Waals surface area contributed by atoms with Gasteiger partial charge in [0.1, 0.15) is 6.10 Å². The molecule has 0 aliphatic carbocycles. The van der Waals surface area contributed by atoms with E-state index in [0.717, 1.165) is 6.07 Å². The maximum atomic E-state index is 13.7. The zero-order valence-corrected chi connectivity index (χ0v) is 10.2. The number of halogens is 3. The summed E-state index contributed by atoms with van der Waals surface area (Å²) in [4.78, 5) is 3.87. The molecule has 2 aromatic rings. The van der Waals surface area contributed by atoms with Crippen LogP contribution in [0.1, 0.15) is 22.8 Å². The molecule has 5 heteroatoms. The van der Waals surface area contributed by atoms with Crippen LogP contribution < -0.4 is 0 Å². The number of benzene rings is 1. The summed E-state index contributed by atoms with van der Waals surface area (Å²) in [5, 5.41) is 10.1. The van der Waals surface area contributed by atoms with Crippen molar-refractivity contribution in [3.05, 3.63) is 63.9 Å². The molecule has 0 amide bonds. The van der Waals surface area contributed by atoms with Gasteiger partial charge in [-0.05, 0) is 36.2 Å². The summed E-state index contributed by atoms with van der Waals surface area (Å²) in [7, 11) is 0. The average molecular weight is 270 g/mol. The Bertz CT molecular complexity index is 589. The molecular weight excluding hydrogens is 260 g/mol. The van der Waals surface area contributed by atoms with Gasteiger partial charge in [-0.3, -0.25) is 4.98 Å². The van der Waals surface area contributed by atoms with Crippen LogP contribution in [0.2, 0.25) is 5.02 Å². The third-order valence-electron chi connectivity index (χ3n) is 2.71. The third kappa shape index (κ3) is 2.21. The van der Waals surface area contributed by atoms with E-state index in [1.165, 1.54) is 18.5 Å². The van der Waals surface area contributed by atoms with E-state index >= 15 is 0 Å². The van der Waals surface area contributed by atoms with E-state index in [9.17, 15) is 13.9 Å². The minimum Gasteiger partial charge on any atom is -0.383 e. The van der Waals surface area contributed by atoms with E-state index in [0.29, 0.717) is 11.1 Å². The van der Waals surface area contributed by atoms with Crippen LogP contribution in [0.5, 0.6) is 0 Å². The zero-order valence-electron chi connectivity index (χ0n) is 9.49. The summed E-state index contributed by atoms with van der Waals surface area (Å²) >= 11 is 5.82. The highest BCUT2D eigenvalue weighted by atomic mass is 35.5. The maximum Gasteiger partial charge on any atom is 0.166 e. The molecule has 2 nitrogen and oxygen atoms in total. The fraction of sp³-hybridized carbons (Fsp3) is 0.154. The Morgan fingerprint density at radius 3 is 2.67 bits per heavy atom. The van der Waals surface area contributed by atoms with Gasteiger partial charge >= 0.3 is 0 Å². The van der Waals surface area contributed by atoms with Crippen molar-refractivity contribution >= 4 is 11.6 Å². The minimum atomic E-state index is -1.32. The Morgan fingerprint density at radius 1 is 1.28 bits per heavy atom. The quantitative estimate of drug-likeness (QED) is 0.848. The Hall–Kier alpha value is -1.52. The van der Waals surface area contributed by atoms with Gasteiger partial charge in [0.25, 0.3) is 0 Å². The number of aromatic nitrogens is 1. The van der Waals surface area contributed by atoms with Gasteiger partial charge in [-0.2, -0.15) is 0 Å². The molecule has 0 bridgehead atoms. The largest absolute Gasteiger partial charge is 0.383 e. The fourth-order valence-electron chi connectivity index (χ4n) is 1.74. The predicted molar refractivity (Wildman–Crippen MR) is 64.4 cm³/mol. The summed E-state index contributed by atoms with van der Waals surface area (Å²) in [6.45, 7) is 1.72. The van der Waals surface area contributed by atoms with Crippen molar-refractivity contribution in [2.75, 3.05) is 0 Å². The molecule has 0 saturated heterocycles. The molecule has 1 aromatic carbocycles. The molecule has 94 valence electrons. The lowest BCUT2D eigenvalue weighted by atomic mass is 9.98. The molecule has 0 saturated carbocycles. The second kappa shape index (κ2) is 5.00. The number of hydrogen-bond acceptors (Lipinski definition) is 2. The highest BCUT2D eigenvalue weighted by molar-refractivity contribution is 6.31. The number of pyridine rings is 1. The Labute approximate surface area is 108 Å². The summed E-state index contributed by atoms with van der Waals surface area (Å²) in [6, 6.07) is 3.68. The normalized spacial score (nSPS) is 12.5. The number of aliphatic hydroxyl groups excluding tert-OH is 1. The first-order valence-electron chi connectivity index (χ1n) is 5.24. The van der Waals surface area contributed by atoms with Gasteiger partial charge in [0.15, 0.2) is 11.6 Å². The number of nitrogens with zero attached hydrogens (tertiary/aromatic N) is 1. The van der Waals surface area contributed by atoms with Crippen LogP contribution in [0, 0.1) is 18.6 Å². The first kappa shape index (κ1) is 12.9. The van der Waals surface area contributed by atoms with Crippen LogP contribution in [-0.2, 0) is 0 Å². The second-order valence-electron chi connectivity index (χ2n) is 3.89. The highest BCUT2D eigenvalue weighted by Crippen LogP contribution is 2.32. The average Bonchev–Trinajstić information content (AvgIpc) is 2.35. The molecule has 0 aliphatic rings. The van der Waals surface area contributed by atoms with Crippen molar-refractivity contribution in [1.29, 1.82) is 0 Å². The van der Waals surface area contributed by atoms with Crippen LogP contribution >= 0.6 is 11.6 Å². The third-order valence-corrected chi connectivity index (χ3v) is 3.04. The Kier molecular flexibility index (Phi) is 3.59. The lowest BCUT2D eigenvalue weighted by molar-refractivity contribution is 0.212. The topological polar surface area (TPSA) is 33.1 Å². The van der Waals surface area contributed by atoms with Crippen LogP contribution in [0.25, 0.3) is 0 Å². The lowest BCUT2D eigenvalue weighted by Crippen LogP contribution is -2.07. The minimum absolute atomic E-state index is 0.0161. The number of aryl methyl sites for hydroxylation is 1. The molecule has 2 rings (SSSR count). The maximum absolute atomic E-state index is 13.7. The van der Waals surface area contributed by atoms with Crippen molar-refractivity contribution in [3.63, 3.8) is 0 Å². The van der Waals surface area contributed by atoms with Crippen LogP contribution in [0.15, 0.2) is 30.6 Å². The molecule has 0 aliphatic heterocycles. The first-order chi connectivity index (χ1) is 8.52. The van der Waals surface area contributed by atoms with E-state index < -0.39 is 17.7 Å². The van der Waals surface area contributed by atoms with Crippen molar-refractivity contribution in [1.82, 2.24) is 4.98 Å². The lowest BCUT2D eigenvalue weighted by Gasteiger charge is -2.16. The molecule has 0 spiro atoms. The van der Waals surface area contributed by atoms with Crippen LogP contribution in [-0.4, -0.2) is 10.1 Å². The van der Waals surface area contributed by atoms with Gasteiger partial charge in [-0.25, -0.2) is 8.78 Å². The van der Waals surface area contributed by atoms with E-state index in [4.69, 9.17) is 11.6 Å². The summed E-state index contributed by atoms with van der Waals surface area (Å²) in [6.07, 6.45) is 1.68. The molecule has 0 radical (unpaired) electrons. The number of rotatable bonds is 2. The first-order valence-corrected chi connectivity index (χ1v) is 5.62. The van der Waals surface area contributed by atoms with Crippen molar-refractivity contribution in [3.8, 4) is 0 Å². The van der Waals surface area contributed by atoms with Crippen LogP contribution in [0.3, 0.4) is 0 Å². The van der Waals surface area contributed by atoms with Gasteiger partial charge in [0.05, 0.1) is 0 Å². The van der Waals surface area contributed by atoms with E-state index in [-0.39, 0.29) is 10.6 Å². The second-order valence-corrected chi connectivity index (χ2v) is 4.30. The summed E-state index contributed by atoms with van der Waals surface area (Å²) in [5.41, 5.74) is 0.854. The van der Waals surface area contributed by atoms with E-state index in [1.54, 1.807) is 13.0 Å². The molecule has 1 N–H and O–H groups in total. The SMILES string of the molecule is Cc1cnccc1C(O)c1c(Cl)ccc(F)c1F. The van der Waals surface area contributed by atoms with Gasteiger partial charge in [-0.15, -0.1) is 0 Å². The molecule has 1 atom stereocenters. The molecule has 0 fully saturated rings. The highest BCUT2D eigenvalue weighted by Gasteiger charge is 2.22. The fourth-order valence-corrected chi connectivity index (χ4v) is 1.99. The summed E-state index contributed by atoms with van der Waals surface area (Å²) < 4.78 is 26.9. The Balaban J connectivity index is 2.56. The van der Waals surface area contributed by atoms with Gasteiger partial charge < -0.3 is 5.11 Å². The van der Waals surface area contributed by atoms with E-state index in [1.807, 2.05) is 0 Å².